The lowest BCUT2D eigenvalue weighted by Crippen LogP contribution is -2.44. The normalized spacial score (nSPS) is 16.5. The largest absolute Gasteiger partial charge is 0.462 e. The first-order valence-electron chi connectivity index (χ1n) is 6.94. The van der Waals surface area contributed by atoms with E-state index in [-0.39, 0.29) is 12.6 Å². The molecule has 1 aromatic heterocycles. The zero-order chi connectivity index (χ0) is 15.5. The van der Waals surface area contributed by atoms with Gasteiger partial charge in [-0.25, -0.2) is 9.78 Å². The summed E-state index contributed by atoms with van der Waals surface area (Å²) < 4.78 is 12.6. The first-order valence-corrected chi connectivity index (χ1v) is 7.32. The lowest BCUT2D eigenvalue weighted by atomic mass is 10.2. The minimum Gasteiger partial charge on any atom is -0.462 e. The molecule has 1 atom stereocenters. The molecule has 7 heteroatoms. The van der Waals surface area contributed by atoms with Gasteiger partial charge in [-0.3, -0.25) is 4.57 Å². The number of nitrogens with zero attached hydrogens (tertiary/aromatic N) is 2. The van der Waals surface area contributed by atoms with Crippen LogP contribution in [0.3, 0.4) is 0 Å². The smallest absolute Gasteiger partial charge is 0.407 e. The van der Waals surface area contributed by atoms with E-state index in [0.29, 0.717) is 24.2 Å². The van der Waals surface area contributed by atoms with Gasteiger partial charge in [-0.1, -0.05) is 23.7 Å². The van der Waals surface area contributed by atoms with Crippen molar-refractivity contribution in [2.24, 2.45) is 0 Å². The zero-order valence-corrected chi connectivity index (χ0v) is 12.8. The highest BCUT2D eigenvalue weighted by Gasteiger charge is 2.22. The molecule has 0 fully saturated rings. The van der Waals surface area contributed by atoms with Crippen molar-refractivity contribution >= 4 is 17.7 Å². The predicted octanol–water partition coefficient (Wildman–Crippen LogP) is 2.53. The summed E-state index contributed by atoms with van der Waals surface area (Å²) in [6.07, 6.45) is 1.42. The number of nitrogens with one attached hydrogen (secondary N) is 1. The number of halogens is 1. The van der Waals surface area contributed by atoms with Crippen molar-refractivity contribution in [1.29, 1.82) is 0 Å². The molecule has 3 rings (SSSR count). The predicted molar refractivity (Wildman–Crippen MR) is 81.0 cm³/mol. The molecule has 22 heavy (non-hydrogen) atoms. The third-order valence-corrected chi connectivity index (χ3v) is 3.55. The van der Waals surface area contributed by atoms with Crippen LogP contribution in [-0.4, -0.2) is 28.3 Å². The summed E-state index contributed by atoms with van der Waals surface area (Å²) in [6.45, 7) is 3.10. The van der Waals surface area contributed by atoms with Crippen molar-refractivity contribution in [3.8, 4) is 6.01 Å². The van der Waals surface area contributed by atoms with Crippen molar-refractivity contribution in [1.82, 2.24) is 14.9 Å². The number of carbonyl (C=O) groups is 1. The van der Waals surface area contributed by atoms with E-state index >= 15 is 0 Å². The Hall–Kier alpha value is -2.21. The van der Waals surface area contributed by atoms with Crippen molar-refractivity contribution in [3.63, 3.8) is 0 Å². The number of rotatable bonds is 3. The molecule has 0 radical (unpaired) electrons. The van der Waals surface area contributed by atoms with Crippen LogP contribution >= 0.6 is 11.6 Å². The fraction of sp³-hybridized carbons (Fsp3) is 0.333. The quantitative estimate of drug-likeness (QED) is 0.943. The molecule has 116 valence electrons. The highest BCUT2D eigenvalue weighted by Crippen LogP contribution is 2.16. The average molecular weight is 322 g/mol. The van der Waals surface area contributed by atoms with Crippen LogP contribution in [0.1, 0.15) is 11.3 Å². The molecular weight excluding hydrogens is 306 g/mol. The van der Waals surface area contributed by atoms with Gasteiger partial charge in [-0.15, -0.1) is 0 Å². The number of alkyl carbamates (subject to hydrolysis) is 1. The topological polar surface area (TPSA) is 65.4 Å². The number of fused-ring (bicyclic) bond motifs is 1. The van der Waals surface area contributed by atoms with E-state index in [4.69, 9.17) is 21.1 Å². The number of aryl methyl sites for hydroxylation is 1. The van der Waals surface area contributed by atoms with Crippen LogP contribution in [0.2, 0.25) is 5.02 Å². The summed E-state index contributed by atoms with van der Waals surface area (Å²) in [6, 6.07) is 7.61. The average Bonchev–Trinajstić information content (AvgIpc) is 2.86. The molecule has 0 unspecified atom stereocenters. The molecule has 2 heterocycles. The van der Waals surface area contributed by atoms with E-state index in [1.54, 1.807) is 12.1 Å². The van der Waals surface area contributed by atoms with Crippen LogP contribution in [0.5, 0.6) is 6.01 Å². The molecule has 1 N–H and O–H groups in total. The molecule has 0 saturated heterocycles. The van der Waals surface area contributed by atoms with E-state index in [2.05, 4.69) is 10.3 Å². The summed E-state index contributed by atoms with van der Waals surface area (Å²) in [5, 5.41) is 3.44. The Morgan fingerprint density at radius 1 is 1.50 bits per heavy atom. The first kappa shape index (κ1) is 14.7. The number of hydrogen-bond donors (Lipinski definition) is 1. The number of ether oxygens (including phenoxy) is 2. The minimum atomic E-state index is -0.469. The Kier molecular flexibility index (Phi) is 4.20. The molecule has 1 aliphatic heterocycles. The molecule has 6 nitrogen and oxygen atoms in total. The van der Waals surface area contributed by atoms with E-state index in [1.807, 2.05) is 29.8 Å². The molecule has 2 aromatic rings. The van der Waals surface area contributed by atoms with Crippen molar-refractivity contribution in [2.45, 2.75) is 26.1 Å². The highest BCUT2D eigenvalue weighted by molar-refractivity contribution is 6.30. The number of amides is 1. The molecule has 1 aliphatic rings. The number of carbonyl (C=O) groups excluding carboxylic acids is 1. The Labute approximate surface area is 133 Å². The van der Waals surface area contributed by atoms with Gasteiger partial charge in [0.2, 0.25) is 0 Å². The van der Waals surface area contributed by atoms with Crippen molar-refractivity contribution < 1.29 is 14.3 Å². The lowest BCUT2D eigenvalue weighted by Gasteiger charge is -2.24. The molecule has 0 spiro atoms. The van der Waals surface area contributed by atoms with Crippen molar-refractivity contribution in [3.05, 3.63) is 46.7 Å². The van der Waals surface area contributed by atoms with Gasteiger partial charge >= 0.3 is 6.09 Å². The maximum atomic E-state index is 11.8. The van der Waals surface area contributed by atoms with Crippen LogP contribution in [0.4, 0.5) is 4.79 Å². The van der Waals surface area contributed by atoms with Crippen LogP contribution in [0.15, 0.2) is 30.5 Å². The highest BCUT2D eigenvalue weighted by atomic mass is 35.5. The van der Waals surface area contributed by atoms with E-state index < -0.39 is 6.09 Å². The van der Waals surface area contributed by atoms with Gasteiger partial charge in [0.05, 0.1) is 18.3 Å². The monoisotopic (exact) mass is 321 g/mol. The van der Waals surface area contributed by atoms with Crippen LogP contribution in [-0.2, 0) is 17.9 Å². The van der Waals surface area contributed by atoms with Gasteiger partial charge in [0, 0.05) is 11.2 Å². The molecule has 1 aromatic carbocycles. The molecule has 0 bridgehead atoms. The Balaban J connectivity index is 1.49. The minimum absolute atomic E-state index is 0.140. The van der Waals surface area contributed by atoms with Crippen molar-refractivity contribution in [2.75, 3.05) is 6.61 Å². The number of imidazole rings is 1. The summed E-state index contributed by atoms with van der Waals surface area (Å²) in [7, 11) is 0. The third-order valence-electron chi connectivity index (χ3n) is 3.30. The second-order valence-electron chi connectivity index (χ2n) is 5.17. The van der Waals surface area contributed by atoms with Gasteiger partial charge in [-0.2, -0.15) is 0 Å². The summed E-state index contributed by atoms with van der Waals surface area (Å²) in [5.41, 5.74) is 1.77. The number of hydrogen-bond acceptors (Lipinski definition) is 4. The first-order chi connectivity index (χ1) is 10.6. The van der Waals surface area contributed by atoms with Crippen LogP contribution < -0.4 is 10.1 Å². The van der Waals surface area contributed by atoms with Crippen LogP contribution in [0, 0.1) is 6.92 Å². The van der Waals surface area contributed by atoms with Gasteiger partial charge < -0.3 is 14.8 Å². The van der Waals surface area contributed by atoms with Gasteiger partial charge in [0.1, 0.15) is 13.2 Å². The fourth-order valence-electron chi connectivity index (χ4n) is 2.26. The SMILES string of the molecule is Cc1cn2c(n1)OC[C@@H](NC(=O)OCc1ccc(Cl)cc1)C2. The van der Waals surface area contributed by atoms with Gasteiger partial charge in [-0.05, 0) is 24.6 Å². The Morgan fingerprint density at radius 2 is 2.27 bits per heavy atom. The molecule has 0 aliphatic carbocycles. The standard InChI is InChI=1S/C15H16ClN3O3/c1-10-6-19-7-13(9-21-14(19)17-10)18-15(20)22-8-11-2-4-12(16)5-3-11/h2-6,13H,7-9H2,1H3,(H,18,20)/t13-/m0/s1. The summed E-state index contributed by atoms with van der Waals surface area (Å²) in [5.74, 6) is 0. The zero-order valence-electron chi connectivity index (χ0n) is 12.1. The molecule has 1 amide bonds. The lowest BCUT2D eigenvalue weighted by molar-refractivity contribution is 0.121. The maximum Gasteiger partial charge on any atom is 0.407 e. The molecule has 0 saturated carbocycles. The third kappa shape index (κ3) is 3.51. The number of aromatic nitrogens is 2. The van der Waals surface area contributed by atoms with E-state index in [0.717, 1.165) is 11.3 Å². The van der Waals surface area contributed by atoms with E-state index in [1.165, 1.54) is 0 Å². The van der Waals surface area contributed by atoms with Gasteiger partial charge in [0.15, 0.2) is 0 Å². The van der Waals surface area contributed by atoms with Crippen LogP contribution in [0.25, 0.3) is 0 Å². The fourth-order valence-corrected chi connectivity index (χ4v) is 2.39. The molecular formula is C15H16ClN3O3. The Bertz CT molecular complexity index is 669. The van der Waals surface area contributed by atoms with E-state index in [9.17, 15) is 4.79 Å². The Morgan fingerprint density at radius 3 is 3.05 bits per heavy atom. The maximum absolute atomic E-state index is 11.8. The second-order valence-corrected chi connectivity index (χ2v) is 5.61. The number of benzene rings is 1. The summed E-state index contributed by atoms with van der Waals surface area (Å²) >= 11 is 5.80. The summed E-state index contributed by atoms with van der Waals surface area (Å²) in [4.78, 5) is 16.1. The van der Waals surface area contributed by atoms with Gasteiger partial charge in [0.25, 0.3) is 6.01 Å². The second kappa shape index (κ2) is 6.27.